The summed E-state index contributed by atoms with van der Waals surface area (Å²) in [6, 6.07) is 9.22. The number of methoxy groups -OCH3 is 1. The maximum absolute atomic E-state index is 16.7. The Morgan fingerprint density at radius 3 is 2.93 bits per heavy atom. The first kappa shape index (κ1) is 26.4. The number of phenolic OH excluding ortho intramolecular Hbond substituents is 1. The van der Waals surface area contributed by atoms with Crippen LogP contribution in [-0.4, -0.2) is 82.0 Å². The number of aromatic nitrogens is 3. The summed E-state index contributed by atoms with van der Waals surface area (Å²) in [5.74, 6) is 9.84. The number of nitrogens with one attached hydrogen (secondary N) is 1. The first-order valence-electron chi connectivity index (χ1n) is 14.9. The van der Waals surface area contributed by atoms with Crippen molar-refractivity contribution in [3.05, 3.63) is 53.7 Å². The molecular weight excluding hydrogens is 543 g/mol. The van der Waals surface area contributed by atoms with E-state index >= 15 is 4.39 Å². The number of phenols is 1. The molecule has 8 nitrogen and oxygen atoms in total. The van der Waals surface area contributed by atoms with Gasteiger partial charge in [-0.2, -0.15) is 0 Å². The first-order chi connectivity index (χ1) is 21.0. The largest absolute Gasteiger partial charge is 0.508 e. The fourth-order valence-corrected chi connectivity index (χ4v) is 7.69. The number of ether oxygens (including phenoxy) is 1. The summed E-state index contributed by atoms with van der Waals surface area (Å²) in [6.45, 7) is 3.48. The van der Waals surface area contributed by atoms with E-state index in [-0.39, 0.29) is 34.6 Å². The van der Waals surface area contributed by atoms with Crippen molar-refractivity contribution in [2.75, 3.05) is 38.2 Å². The van der Waals surface area contributed by atoms with Crippen LogP contribution in [0.1, 0.15) is 37.1 Å². The molecule has 0 amide bonds. The lowest BCUT2D eigenvalue weighted by atomic mass is 9.94. The molecule has 43 heavy (non-hydrogen) atoms. The van der Waals surface area contributed by atoms with E-state index < -0.39 is 5.82 Å². The summed E-state index contributed by atoms with van der Waals surface area (Å²) in [4.78, 5) is 18.9. The van der Waals surface area contributed by atoms with Crippen molar-refractivity contribution >= 4 is 27.5 Å². The minimum atomic E-state index is -0.591. The molecule has 2 aromatic carbocycles. The van der Waals surface area contributed by atoms with E-state index in [1.807, 2.05) is 12.1 Å². The number of halogens is 1. The molecule has 8 rings (SSSR count). The molecule has 0 radical (unpaired) electrons. The molecule has 216 valence electrons. The Morgan fingerprint density at radius 1 is 1.23 bits per heavy atom. The number of benzene rings is 2. The highest BCUT2D eigenvalue weighted by Gasteiger charge is 2.47. The number of hydrogen-bond donors (Lipinski definition) is 2. The van der Waals surface area contributed by atoms with Crippen molar-refractivity contribution < 1.29 is 14.2 Å². The van der Waals surface area contributed by atoms with Gasteiger partial charge >= 0.3 is 0 Å². The zero-order valence-corrected chi connectivity index (χ0v) is 23.9. The number of nitrogens with zero attached hydrogens (tertiary/aromatic N) is 5. The Labute approximate surface area is 249 Å². The summed E-state index contributed by atoms with van der Waals surface area (Å²) in [5, 5.41) is 16.0. The van der Waals surface area contributed by atoms with Crippen LogP contribution in [0.2, 0.25) is 0 Å². The SMILES string of the molecule is C#Cc1cccc2cc(O)cc(-c3ncc4c(N5C[C@@H]6C[C@H]5CN6)nc(C#C[C@@]56CCCN5C[C@H](OC)C6)nc4c3F)c12. The number of piperazine rings is 1. The average Bonchev–Trinajstić information content (AvgIpc) is 3.80. The zero-order valence-electron chi connectivity index (χ0n) is 23.9. The van der Waals surface area contributed by atoms with Crippen LogP contribution in [0, 0.1) is 30.0 Å². The van der Waals surface area contributed by atoms with E-state index in [2.05, 4.69) is 37.9 Å². The van der Waals surface area contributed by atoms with Crippen molar-refractivity contribution in [2.45, 2.75) is 49.4 Å². The third kappa shape index (κ3) is 4.15. The van der Waals surface area contributed by atoms with Gasteiger partial charge in [0.15, 0.2) is 5.82 Å². The molecule has 4 fully saturated rings. The Kier molecular flexibility index (Phi) is 6.06. The molecule has 6 heterocycles. The van der Waals surface area contributed by atoms with Gasteiger partial charge in [-0.05, 0) is 55.3 Å². The number of pyridine rings is 1. The molecule has 2 aromatic heterocycles. The smallest absolute Gasteiger partial charge is 0.207 e. The molecule has 0 saturated carbocycles. The molecule has 2 N–H and O–H groups in total. The molecule has 0 unspecified atom stereocenters. The summed E-state index contributed by atoms with van der Waals surface area (Å²) in [7, 11) is 1.75. The van der Waals surface area contributed by atoms with Gasteiger partial charge in [-0.25, -0.2) is 14.4 Å². The van der Waals surface area contributed by atoms with Crippen LogP contribution in [0.25, 0.3) is 32.9 Å². The monoisotopic (exact) mass is 574 g/mol. The number of terminal acetylenes is 1. The maximum atomic E-state index is 16.7. The van der Waals surface area contributed by atoms with E-state index in [4.69, 9.17) is 21.1 Å². The van der Waals surface area contributed by atoms with E-state index in [0.29, 0.717) is 45.0 Å². The Hall–Kier alpha value is -4.28. The molecule has 2 bridgehead atoms. The van der Waals surface area contributed by atoms with E-state index in [1.54, 1.807) is 25.4 Å². The summed E-state index contributed by atoms with van der Waals surface area (Å²) >= 11 is 0. The van der Waals surface area contributed by atoms with Gasteiger partial charge in [0.25, 0.3) is 0 Å². The Balaban J connectivity index is 1.32. The van der Waals surface area contributed by atoms with Crippen molar-refractivity contribution in [1.82, 2.24) is 25.2 Å². The fraction of sp³-hybridized carbons (Fsp3) is 0.382. The summed E-state index contributed by atoms with van der Waals surface area (Å²) in [5.41, 5.74) is 0.965. The second kappa shape index (κ2) is 9.89. The van der Waals surface area contributed by atoms with Gasteiger partial charge in [-0.1, -0.05) is 24.0 Å². The van der Waals surface area contributed by atoms with Gasteiger partial charge in [0.2, 0.25) is 5.82 Å². The lowest BCUT2D eigenvalue weighted by Crippen LogP contribution is -2.44. The predicted molar refractivity (Wildman–Crippen MR) is 163 cm³/mol. The second-order valence-corrected chi connectivity index (χ2v) is 12.1. The maximum Gasteiger partial charge on any atom is 0.207 e. The van der Waals surface area contributed by atoms with Gasteiger partial charge in [0.05, 0.1) is 17.0 Å². The Morgan fingerprint density at radius 2 is 2.14 bits per heavy atom. The van der Waals surface area contributed by atoms with E-state index in [9.17, 15) is 5.11 Å². The standard InChI is InChI=1S/C34H31FN6O2/c1-3-20-6-4-7-21-12-24(42)14-26(29(20)21)31-30(35)32-27(17-37-31)33(41-18-22-13-23(41)16-36-22)39-28(38-32)8-10-34-9-5-11-40(34)19-25(15-34)43-2/h1,4,6-7,12,14,17,22-23,25,36,42H,5,9,11,13,15-16,18-19H2,2H3/t22-,23-,25+,34+/m0/s1. The first-order valence-corrected chi connectivity index (χ1v) is 14.9. The van der Waals surface area contributed by atoms with Crippen LogP contribution in [-0.2, 0) is 4.74 Å². The van der Waals surface area contributed by atoms with Crippen molar-refractivity contribution in [3.63, 3.8) is 0 Å². The highest BCUT2D eigenvalue weighted by Crippen LogP contribution is 2.41. The minimum absolute atomic E-state index is 0.000192. The van der Waals surface area contributed by atoms with Crippen LogP contribution >= 0.6 is 0 Å². The van der Waals surface area contributed by atoms with E-state index in [1.165, 1.54) is 6.07 Å². The number of rotatable bonds is 3. The summed E-state index contributed by atoms with van der Waals surface area (Å²) in [6.07, 6.45) is 11.5. The third-order valence-electron chi connectivity index (χ3n) is 9.72. The van der Waals surface area contributed by atoms with Crippen LogP contribution in [0.3, 0.4) is 0 Å². The minimum Gasteiger partial charge on any atom is -0.508 e. The van der Waals surface area contributed by atoms with Crippen molar-refractivity contribution in [3.8, 4) is 41.2 Å². The fourth-order valence-electron chi connectivity index (χ4n) is 7.69. The number of anilines is 1. The predicted octanol–water partition coefficient (Wildman–Crippen LogP) is 3.83. The Bertz CT molecular complexity index is 1910. The van der Waals surface area contributed by atoms with Gasteiger partial charge in [-0.15, -0.1) is 6.42 Å². The topological polar surface area (TPSA) is 86.6 Å². The number of aromatic hydroxyl groups is 1. The average molecular weight is 575 g/mol. The zero-order chi connectivity index (χ0) is 29.3. The molecule has 0 aliphatic carbocycles. The van der Waals surface area contributed by atoms with Crippen molar-refractivity contribution in [1.29, 1.82) is 0 Å². The van der Waals surface area contributed by atoms with Crippen molar-refractivity contribution in [2.24, 2.45) is 0 Å². The molecule has 4 aliphatic heterocycles. The van der Waals surface area contributed by atoms with Crippen LogP contribution in [0.5, 0.6) is 5.75 Å². The number of fused-ring (bicyclic) bond motifs is 5. The van der Waals surface area contributed by atoms with Crippen LogP contribution in [0.15, 0.2) is 36.5 Å². The van der Waals surface area contributed by atoms with Gasteiger partial charge < -0.3 is 20.1 Å². The molecular formula is C34H31FN6O2. The van der Waals surface area contributed by atoms with Gasteiger partial charge in [0.1, 0.15) is 22.8 Å². The molecule has 4 atom stereocenters. The summed E-state index contributed by atoms with van der Waals surface area (Å²) < 4.78 is 22.4. The molecule has 0 spiro atoms. The van der Waals surface area contributed by atoms with Gasteiger partial charge in [-0.3, -0.25) is 9.88 Å². The molecule has 9 heteroatoms. The highest BCUT2D eigenvalue weighted by atomic mass is 19.1. The van der Waals surface area contributed by atoms with Crippen LogP contribution < -0.4 is 10.2 Å². The van der Waals surface area contributed by atoms with Crippen LogP contribution in [0.4, 0.5) is 10.2 Å². The number of hydrogen-bond acceptors (Lipinski definition) is 8. The highest BCUT2D eigenvalue weighted by molar-refractivity contribution is 6.02. The normalized spacial score (nSPS) is 26.2. The third-order valence-corrected chi connectivity index (χ3v) is 9.72. The van der Waals surface area contributed by atoms with E-state index in [0.717, 1.165) is 51.9 Å². The molecule has 4 saturated heterocycles. The molecule has 4 aliphatic rings. The lowest BCUT2D eigenvalue weighted by Gasteiger charge is -2.29. The van der Waals surface area contributed by atoms with Gasteiger partial charge in [0, 0.05) is 68.0 Å². The molecule has 4 aromatic rings. The second-order valence-electron chi connectivity index (χ2n) is 12.1. The lowest BCUT2D eigenvalue weighted by molar-refractivity contribution is 0.108. The quantitative estimate of drug-likeness (QED) is 0.357.